The highest BCUT2D eigenvalue weighted by atomic mass is 32.2. The first-order valence-electron chi connectivity index (χ1n) is 10.5. The number of carbonyl (C=O) groups excluding carboxylic acids is 1. The summed E-state index contributed by atoms with van der Waals surface area (Å²) in [6.45, 7) is 4.50. The Bertz CT molecular complexity index is 1020. The van der Waals surface area contributed by atoms with Crippen molar-refractivity contribution in [1.82, 2.24) is 14.8 Å². The first-order chi connectivity index (χ1) is 15.6. The molecule has 3 aromatic rings. The number of benzene rings is 2. The molecular weight excluding hydrogens is 428 g/mol. The van der Waals surface area contributed by atoms with Gasteiger partial charge in [0.2, 0.25) is 5.95 Å². The van der Waals surface area contributed by atoms with Gasteiger partial charge in [0.25, 0.3) is 0 Å². The summed E-state index contributed by atoms with van der Waals surface area (Å²) in [7, 11) is 0. The number of nitrogens with zero attached hydrogens (tertiary/aromatic N) is 4. The van der Waals surface area contributed by atoms with Gasteiger partial charge in [-0.3, -0.25) is 9.36 Å². The summed E-state index contributed by atoms with van der Waals surface area (Å²) in [5.41, 5.74) is 1.60. The summed E-state index contributed by atoms with van der Waals surface area (Å²) in [6.07, 6.45) is -0.694. The molecule has 1 N–H and O–H groups in total. The number of carbonyl (C=O) groups is 1. The molecule has 8 nitrogen and oxygen atoms in total. The molecule has 1 saturated heterocycles. The number of morpholine rings is 1. The van der Waals surface area contributed by atoms with E-state index in [0.29, 0.717) is 35.4 Å². The Balaban J connectivity index is 1.41. The lowest BCUT2D eigenvalue weighted by molar-refractivity contribution is 0.101. The first kappa shape index (κ1) is 22.3. The van der Waals surface area contributed by atoms with E-state index in [1.165, 1.54) is 18.7 Å². The maximum atomic E-state index is 11.4. The van der Waals surface area contributed by atoms with Crippen LogP contribution in [-0.2, 0) is 4.74 Å². The van der Waals surface area contributed by atoms with E-state index in [9.17, 15) is 9.90 Å². The van der Waals surface area contributed by atoms with Gasteiger partial charge >= 0.3 is 0 Å². The normalized spacial score (nSPS) is 14.9. The van der Waals surface area contributed by atoms with Crippen LogP contribution in [0.3, 0.4) is 0 Å². The molecule has 9 heteroatoms. The molecule has 1 unspecified atom stereocenters. The average molecular weight is 455 g/mol. The third-order valence-electron chi connectivity index (χ3n) is 5.03. The van der Waals surface area contributed by atoms with Crippen LogP contribution in [0, 0.1) is 0 Å². The molecule has 0 saturated carbocycles. The number of aliphatic hydroxyl groups excluding tert-OH is 1. The number of rotatable bonds is 9. The predicted molar refractivity (Wildman–Crippen MR) is 123 cm³/mol. The fourth-order valence-corrected chi connectivity index (χ4v) is 4.18. The molecule has 0 bridgehead atoms. The SMILES string of the molecule is CC(=O)c1ccc(OCC(O)CSc2nnc(N3CCOCC3)n2-c2ccccc2)cc1. The van der Waals surface area contributed by atoms with E-state index in [-0.39, 0.29) is 12.4 Å². The highest BCUT2D eigenvalue weighted by Crippen LogP contribution is 2.27. The van der Waals surface area contributed by atoms with E-state index in [1.807, 2.05) is 34.9 Å². The minimum atomic E-state index is -0.694. The van der Waals surface area contributed by atoms with Crippen LogP contribution >= 0.6 is 11.8 Å². The van der Waals surface area contributed by atoms with Crippen molar-refractivity contribution in [3.8, 4) is 11.4 Å². The zero-order chi connectivity index (χ0) is 22.3. The van der Waals surface area contributed by atoms with Crippen molar-refractivity contribution >= 4 is 23.5 Å². The Kier molecular flexibility index (Phi) is 7.41. The van der Waals surface area contributed by atoms with Crippen molar-refractivity contribution in [3.05, 3.63) is 60.2 Å². The van der Waals surface area contributed by atoms with Crippen LogP contribution in [0.25, 0.3) is 5.69 Å². The van der Waals surface area contributed by atoms with E-state index < -0.39 is 6.10 Å². The third-order valence-corrected chi connectivity index (χ3v) is 6.11. The minimum absolute atomic E-state index is 0.00645. The molecule has 0 spiro atoms. The van der Waals surface area contributed by atoms with Crippen LogP contribution in [0.1, 0.15) is 17.3 Å². The molecule has 1 atom stereocenters. The quantitative estimate of drug-likeness (QED) is 0.390. The summed E-state index contributed by atoms with van der Waals surface area (Å²) in [6, 6.07) is 16.9. The fraction of sp³-hybridized carbons (Fsp3) is 0.348. The smallest absolute Gasteiger partial charge is 0.232 e. The van der Waals surface area contributed by atoms with Crippen molar-refractivity contribution in [3.63, 3.8) is 0 Å². The van der Waals surface area contributed by atoms with E-state index in [2.05, 4.69) is 15.1 Å². The van der Waals surface area contributed by atoms with Gasteiger partial charge in [-0.15, -0.1) is 10.2 Å². The number of aromatic nitrogens is 3. The zero-order valence-electron chi connectivity index (χ0n) is 17.9. The number of ether oxygens (including phenoxy) is 2. The number of aliphatic hydroxyl groups is 1. The van der Waals surface area contributed by atoms with Gasteiger partial charge in [0, 0.05) is 24.4 Å². The van der Waals surface area contributed by atoms with Crippen molar-refractivity contribution in [1.29, 1.82) is 0 Å². The van der Waals surface area contributed by atoms with Crippen molar-refractivity contribution < 1.29 is 19.4 Å². The molecule has 1 aliphatic rings. The second-order valence-electron chi connectivity index (χ2n) is 7.41. The molecule has 2 aromatic carbocycles. The second kappa shape index (κ2) is 10.6. The predicted octanol–water partition coefficient (Wildman–Crippen LogP) is 2.84. The van der Waals surface area contributed by atoms with Crippen molar-refractivity contribution in [2.45, 2.75) is 18.2 Å². The number of hydrogen-bond acceptors (Lipinski definition) is 8. The number of ketones is 1. The van der Waals surface area contributed by atoms with Gasteiger partial charge in [0.15, 0.2) is 10.9 Å². The summed E-state index contributed by atoms with van der Waals surface area (Å²) in [5, 5.41) is 20.0. The van der Waals surface area contributed by atoms with Gasteiger partial charge in [-0.25, -0.2) is 0 Å². The van der Waals surface area contributed by atoms with Crippen molar-refractivity contribution in [2.24, 2.45) is 0 Å². The standard InChI is InChI=1S/C23H26N4O4S/c1-17(28)18-7-9-21(10-8-18)31-15-20(29)16-32-23-25-24-22(26-11-13-30-14-12-26)27(23)19-5-3-2-4-6-19/h2-10,20,29H,11-16H2,1H3. The van der Waals surface area contributed by atoms with Gasteiger partial charge in [0.1, 0.15) is 12.4 Å². The largest absolute Gasteiger partial charge is 0.491 e. The van der Waals surface area contributed by atoms with Crippen LogP contribution in [0.4, 0.5) is 5.95 Å². The first-order valence-corrected chi connectivity index (χ1v) is 11.5. The Hall–Kier alpha value is -2.88. The van der Waals surface area contributed by atoms with Gasteiger partial charge < -0.3 is 19.5 Å². The zero-order valence-corrected chi connectivity index (χ0v) is 18.7. The molecule has 0 amide bonds. The fourth-order valence-electron chi connectivity index (χ4n) is 3.32. The van der Waals surface area contributed by atoms with Gasteiger partial charge in [0.05, 0.1) is 25.0 Å². The summed E-state index contributed by atoms with van der Waals surface area (Å²) < 4.78 is 13.2. The highest BCUT2D eigenvalue weighted by molar-refractivity contribution is 7.99. The number of para-hydroxylation sites is 1. The second-order valence-corrected chi connectivity index (χ2v) is 8.40. The van der Waals surface area contributed by atoms with Crippen LogP contribution in [0.15, 0.2) is 59.8 Å². The lowest BCUT2D eigenvalue weighted by atomic mass is 10.1. The lowest BCUT2D eigenvalue weighted by Crippen LogP contribution is -2.37. The molecule has 1 aromatic heterocycles. The van der Waals surface area contributed by atoms with Crippen LogP contribution in [0.2, 0.25) is 0 Å². The molecule has 32 heavy (non-hydrogen) atoms. The minimum Gasteiger partial charge on any atom is -0.491 e. The maximum Gasteiger partial charge on any atom is 0.232 e. The number of hydrogen-bond donors (Lipinski definition) is 1. The lowest BCUT2D eigenvalue weighted by Gasteiger charge is -2.28. The van der Waals surface area contributed by atoms with E-state index in [0.717, 1.165) is 24.7 Å². The highest BCUT2D eigenvalue weighted by Gasteiger charge is 2.22. The molecule has 168 valence electrons. The molecule has 2 heterocycles. The Morgan fingerprint density at radius 3 is 2.53 bits per heavy atom. The summed E-state index contributed by atoms with van der Waals surface area (Å²) in [5.74, 6) is 1.80. The number of anilines is 1. The average Bonchev–Trinajstić information content (AvgIpc) is 3.27. The van der Waals surface area contributed by atoms with Gasteiger partial charge in [-0.1, -0.05) is 30.0 Å². The Labute approximate surface area is 191 Å². The number of thioether (sulfide) groups is 1. The molecular formula is C23H26N4O4S. The maximum absolute atomic E-state index is 11.4. The molecule has 1 aliphatic heterocycles. The molecule has 0 aliphatic carbocycles. The molecule has 1 fully saturated rings. The topological polar surface area (TPSA) is 89.7 Å². The Morgan fingerprint density at radius 1 is 1.12 bits per heavy atom. The van der Waals surface area contributed by atoms with Crippen LogP contribution in [-0.4, -0.2) is 70.4 Å². The van der Waals surface area contributed by atoms with Crippen LogP contribution in [0.5, 0.6) is 5.75 Å². The van der Waals surface area contributed by atoms with Crippen molar-refractivity contribution in [2.75, 3.05) is 43.6 Å². The molecule has 0 radical (unpaired) electrons. The summed E-state index contributed by atoms with van der Waals surface area (Å²) in [4.78, 5) is 13.5. The third kappa shape index (κ3) is 5.48. The van der Waals surface area contributed by atoms with E-state index in [1.54, 1.807) is 24.3 Å². The van der Waals surface area contributed by atoms with Gasteiger partial charge in [-0.05, 0) is 43.3 Å². The van der Waals surface area contributed by atoms with Crippen LogP contribution < -0.4 is 9.64 Å². The van der Waals surface area contributed by atoms with Gasteiger partial charge in [-0.2, -0.15) is 0 Å². The monoisotopic (exact) mass is 454 g/mol. The summed E-state index contributed by atoms with van der Waals surface area (Å²) >= 11 is 1.43. The number of Topliss-reactive ketones (excluding diaryl/α,β-unsaturated/α-hetero) is 1. The van der Waals surface area contributed by atoms with E-state index in [4.69, 9.17) is 9.47 Å². The molecule has 4 rings (SSSR count). The Morgan fingerprint density at radius 2 is 1.84 bits per heavy atom. The van der Waals surface area contributed by atoms with E-state index >= 15 is 0 Å².